The average Bonchev–Trinajstić information content (AvgIpc) is 2.67. The number of nitrogens with one attached hydrogen (secondary N) is 1. The first-order chi connectivity index (χ1) is 12.7. The highest BCUT2D eigenvalue weighted by molar-refractivity contribution is 5.91. The summed E-state index contributed by atoms with van der Waals surface area (Å²) < 4.78 is 10.1. The Hall–Kier alpha value is -3.15. The van der Waals surface area contributed by atoms with E-state index in [1.165, 1.54) is 6.08 Å². The Kier molecular flexibility index (Phi) is 7.86. The second-order valence-corrected chi connectivity index (χ2v) is 5.40. The van der Waals surface area contributed by atoms with Gasteiger partial charge in [-0.3, -0.25) is 9.78 Å². The normalized spacial score (nSPS) is 10.5. The van der Waals surface area contributed by atoms with Crippen molar-refractivity contribution >= 4 is 18.0 Å². The summed E-state index contributed by atoms with van der Waals surface area (Å²) in [6.07, 6.45) is 7.44. The van der Waals surface area contributed by atoms with Gasteiger partial charge in [-0.05, 0) is 48.7 Å². The van der Waals surface area contributed by atoms with Gasteiger partial charge in [-0.15, -0.1) is 0 Å². The summed E-state index contributed by atoms with van der Waals surface area (Å²) in [5.74, 6) is 0.00656. The van der Waals surface area contributed by atoms with Crippen LogP contribution in [0.1, 0.15) is 18.1 Å². The molecule has 0 radical (unpaired) electrons. The van der Waals surface area contributed by atoms with Gasteiger partial charge in [0.25, 0.3) is 0 Å². The number of carbonyl (C=O) groups excluding carboxylic acids is 2. The van der Waals surface area contributed by atoms with E-state index in [2.05, 4.69) is 10.3 Å². The predicted molar refractivity (Wildman–Crippen MR) is 98.6 cm³/mol. The molecule has 1 aromatic carbocycles. The number of amides is 1. The lowest BCUT2D eigenvalue weighted by molar-refractivity contribution is -0.145. The van der Waals surface area contributed by atoms with Gasteiger partial charge in [-0.1, -0.05) is 18.2 Å². The average molecular weight is 354 g/mol. The molecule has 26 heavy (non-hydrogen) atoms. The molecule has 2 rings (SSSR count). The van der Waals surface area contributed by atoms with Crippen LogP contribution in [0.5, 0.6) is 5.75 Å². The highest BCUT2D eigenvalue weighted by Gasteiger charge is 2.02. The van der Waals surface area contributed by atoms with Gasteiger partial charge >= 0.3 is 5.97 Å². The van der Waals surface area contributed by atoms with E-state index in [4.69, 9.17) is 9.47 Å². The number of esters is 1. The molecule has 0 aliphatic carbocycles. The number of ether oxygens (including phenoxy) is 2. The van der Waals surface area contributed by atoms with Crippen LogP contribution >= 0.6 is 0 Å². The zero-order chi connectivity index (χ0) is 18.6. The lowest BCUT2D eigenvalue weighted by Crippen LogP contribution is -2.23. The zero-order valence-electron chi connectivity index (χ0n) is 14.7. The van der Waals surface area contributed by atoms with Crippen molar-refractivity contribution in [2.24, 2.45) is 0 Å². The van der Waals surface area contributed by atoms with Crippen molar-refractivity contribution in [1.82, 2.24) is 10.3 Å². The third-order valence-corrected chi connectivity index (χ3v) is 3.40. The fourth-order valence-corrected chi connectivity index (χ4v) is 2.13. The second-order valence-electron chi connectivity index (χ2n) is 5.40. The first-order valence-corrected chi connectivity index (χ1v) is 8.40. The zero-order valence-corrected chi connectivity index (χ0v) is 14.7. The Morgan fingerprint density at radius 1 is 1.19 bits per heavy atom. The van der Waals surface area contributed by atoms with Gasteiger partial charge in [0.1, 0.15) is 5.75 Å². The maximum absolute atomic E-state index is 11.8. The summed E-state index contributed by atoms with van der Waals surface area (Å²) in [5, 5.41) is 2.83. The molecular weight excluding hydrogens is 332 g/mol. The van der Waals surface area contributed by atoms with Crippen molar-refractivity contribution in [1.29, 1.82) is 0 Å². The van der Waals surface area contributed by atoms with Crippen LogP contribution in [0.3, 0.4) is 0 Å². The molecule has 1 heterocycles. The molecule has 0 spiro atoms. The first kappa shape index (κ1) is 19.2. The molecule has 1 amide bonds. The van der Waals surface area contributed by atoms with Crippen LogP contribution in [-0.4, -0.2) is 36.6 Å². The molecule has 0 aliphatic rings. The van der Waals surface area contributed by atoms with E-state index in [9.17, 15) is 9.59 Å². The van der Waals surface area contributed by atoms with E-state index in [-0.39, 0.29) is 12.5 Å². The fourth-order valence-electron chi connectivity index (χ4n) is 2.13. The van der Waals surface area contributed by atoms with Crippen LogP contribution in [0.15, 0.2) is 54.9 Å². The largest absolute Gasteiger partial charge is 0.482 e. The van der Waals surface area contributed by atoms with E-state index < -0.39 is 5.97 Å². The van der Waals surface area contributed by atoms with Crippen LogP contribution < -0.4 is 10.1 Å². The van der Waals surface area contributed by atoms with Crippen LogP contribution in [0.2, 0.25) is 0 Å². The lowest BCUT2D eigenvalue weighted by atomic mass is 10.2. The highest BCUT2D eigenvalue weighted by atomic mass is 16.6. The molecule has 6 heteroatoms. The maximum atomic E-state index is 11.8. The molecule has 0 saturated carbocycles. The van der Waals surface area contributed by atoms with Crippen molar-refractivity contribution in [2.45, 2.75) is 13.3 Å². The van der Waals surface area contributed by atoms with Gasteiger partial charge < -0.3 is 14.8 Å². The molecule has 1 N–H and O–H groups in total. The van der Waals surface area contributed by atoms with Crippen LogP contribution in [0.25, 0.3) is 6.08 Å². The minimum absolute atomic E-state index is 0.123. The van der Waals surface area contributed by atoms with Crippen molar-refractivity contribution < 1.29 is 19.1 Å². The van der Waals surface area contributed by atoms with Gasteiger partial charge in [0.15, 0.2) is 6.61 Å². The van der Waals surface area contributed by atoms with Crippen LogP contribution in [0, 0.1) is 0 Å². The Bertz CT molecular complexity index is 727. The standard InChI is InChI=1S/C20H22N2O4/c1-2-25-20(24)15-26-18-8-5-16(6-9-18)7-10-19(23)22-13-11-17-4-3-12-21-14-17/h3-10,12,14H,2,11,13,15H2,1H3,(H,22,23). The number of benzene rings is 1. The number of carbonyl (C=O) groups is 2. The molecule has 0 unspecified atom stereocenters. The Morgan fingerprint density at radius 2 is 2.00 bits per heavy atom. The Labute approximate surface area is 152 Å². The molecule has 0 saturated heterocycles. The molecule has 0 bridgehead atoms. The van der Waals surface area contributed by atoms with Crippen LogP contribution in [-0.2, 0) is 20.7 Å². The summed E-state index contributed by atoms with van der Waals surface area (Å²) in [5.41, 5.74) is 1.94. The van der Waals surface area contributed by atoms with Gasteiger partial charge in [0.05, 0.1) is 6.61 Å². The third kappa shape index (κ3) is 7.17. The number of hydrogen-bond donors (Lipinski definition) is 1. The van der Waals surface area contributed by atoms with Crippen molar-refractivity contribution in [3.63, 3.8) is 0 Å². The molecule has 2 aromatic rings. The van der Waals surface area contributed by atoms with Gasteiger partial charge in [-0.2, -0.15) is 0 Å². The number of aromatic nitrogens is 1. The number of hydrogen-bond acceptors (Lipinski definition) is 5. The van der Waals surface area contributed by atoms with E-state index in [0.717, 1.165) is 17.5 Å². The molecule has 0 aliphatic heterocycles. The number of pyridine rings is 1. The number of rotatable bonds is 9. The molecule has 136 valence electrons. The van der Waals surface area contributed by atoms with Gasteiger partial charge in [-0.25, -0.2) is 4.79 Å². The summed E-state index contributed by atoms with van der Waals surface area (Å²) in [4.78, 5) is 27.1. The first-order valence-electron chi connectivity index (χ1n) is 8.40. The van der Waals surface area contributed by atoms with Crippen LogP contribution in [0.4, 0.5) is 0 Å². The quantitative estimate of drug-likeness (QED) is 0.553. The smallest absolute Gasteiger partial charge is 0.344 e. The molecule has 0 atom stereocenters. The fraction of sp³-hybridized carbons (Fsp3) is 0.250. The van der Waals surface area contributed by atoms with Crippen molar-refractivity contribution in [2.75, 3.05) is 19.8 Å². The summed E-state index contributed by atoms with van der Waals surface area (Å²) >= 11 is 0. The monoisotopic (exact) mass is 354 g/mol. The Morgan fingerprint density at radius 3 is 2.69 bits per heavy atom. The van der Waals surface area contributed by atoms with E-state index >= 15 is 0 Å². The minimum Gasteiger partial charge on any atom is -0.482 e. The Balaban J connectivity index is 1.73. The lowest BCUT2D eigenvalue weighted by Gasteiger charge is -2.05. The molecule has 6 nitrogen and oxygen atoms in total. The molecular formula is C20H22N2O4. The summed E-state index contributed by atoms with van der Waals surface area (Å²) in [6.45, 7) is 2.50. The third-order valence-electron chi connectivity index (χ3n) is 3.40. The summed E-state index contributed by atoms with van der Waals surface area (Å²) in [6, 6.07) is 10.9. The summed E-state index contributed by atoms with van der Waals surface area (Å²) in [7, 11) is 0. The highest BCUT2D eigenvalue weighted by Crippen LogP contribution is 2.13. The maximum Gasteiger partial charge on any atom is 0.344 e. The molecule has 0 fully saturated rings. The second kappa shape index (κ2) is 10.7. The van der Waals surface area contributed by atoms with E-state index in [1.807, 2.05) is 12.1 Å². The van der Waals surface area contributed by atoms with Crippen molar-refractivity contribution in [3.8, 4) is 5.75 Å². The van der Waals surface area contributed by atoms with E-state index in [0.29, 0.717) is 18.9 Å². The minimum atomic E-state index is -0.403. The predicted octanol–water partition coefficient (Wildman–Crippen LogP) is 2.40. The number of nitrogens with zero attached hydrogens (tertiary/aromatic N) is 1. The van der Waals surface area contributed by atoms with E-state index in [1.54, 1.807) is 49.7 Å². The van der Waals surface area contributed by atoms with Gasteiger partial charge in [0.2, 0.25) is 5.91 Å². The van der Waals surface area contributed by atoms with Crippen molar-refractivity contribution in [3.05, 3.63) is 66.0 Å². The SMILES string of the molecule is CCOC(=O)COc1ccc(C=CC(=O)NCCc2cccnc2)cc1. The molecule has 1 aromatic heterocycles. The van der Waals surface area contributed by atoms with Gasteiger partial charge in [0, 0.05) is 25.0 Å². The topological polar surface area (TPSA) is 77.5 Å².